The van der Waals surface area contributed by atoms with Crippen molar-refractivity contribution in [2.45, 2.75) is 75.5 Å². The number of piperazine rings is 1. The highest BCUT2D eigenvalue weighted by Gasteiger charge is 2.57. The number of alkyl carbamates (subject to hydrolysis) is 1. The number of benzene rings is 5. The summed E-state index contributed by atoms with van der Waals surface area (Å²) in [4.78, 5) is 32.7. The first kappa shape index (κ1) is 48.2. The molecule has 2 N–H and O–H groups in total. The summed E-state index contributed by atoms with van der Waals surface area (Å²) in [5.41, 5.74) is 10.2. The molecule has 15 nitrogen and oxygen atoms in total. The van der Waals surface area contributed by atoms with Crippen molar-refractivity contribution in [2.75, 3.05) is 66.2 Å². The van der Waals surface area contributed by atoms with Crippen molar-refractivity contribution in [2.24, 2.45) is 0 Å². The Balaban J connectivity index is 0.983. The number of hydrogen-bond acceptors (Lipinski definition) is 15. The third kappa shape index (κ3) is 8.88. The summed E-state index contributed by atoms with van der Waals surface area (Å²) in [7, 11) is 5.24. The molecule has 0 saturated carbocycles. The van der Waals surface area contributed by atoms with Gasteiger partial charge in [-0.1, -0.05) is 84.9 Å². The number of rotatable bonds is 17. The number of fused-ring (bicyclic) bond motifs is 12. The molecule has 2 unspecified atom stereocenters. The molecular formula is C55H58N4O11S. The lowest BCUT2D eigenvalue weighted by Gasteiger charge is -2.59. The number of amides is 1. The number of aryl methyl sites for hydroxylation is 1. The van der Waals surface area contributed by atoms with Crippen LogP contribution >= 0.6 is 11.8 Å². The number of nitrogens with one attached hydrogen (secondary N) is 1. The van der Waals surface area contributed by atoms with Crippen LogP contribution in [0.15, 0.2) is 84.9 Å². The third-order valence-corrected chi connectivity index (χ3v) is 15.8. The predicted octanol–water partition coefficient (Wildman–Crippen LogP) is 7.90. The van der Waals surface area contributed by atoms with E-state index in [0.717, 1.165) is 22.3 Å². The van der Waals surface area contributed by atoms with Gasteiger partial charge in [0, 0.05) is 58.9 Å². The quantitative estimate of drug-likeness (QED) is 0.0523. The number of hydrogen-bond donors (Lipinski definition) is 2. The predicted molar refractivity (Wildman–Crippen MR) is 265 cm³/mol. The molecule has 0 spiro atoms. The largest absolute Gasteiger partial charge is 0.507 e. The number of thioether (sulfide) groups is 1. The second-order valence-electron chi connectivity index (χ2n) is 18.6. The van der Waals surface area contributed by atoms with E-state index < -0.39 is 36.2 Å². The first-order chi connectivity index (χ1) is 34.6. The fourth-order valence-corrected chi connectivity index (χ4v) is 12.7. The molecule has 370 valence electrons. The lowest BCUT2D eigenvalue weighted by atomic mass is 9.71. The first-order valence-corrected chi connectivity index (χ1v) is 25.1. The lowest BCUT2D eigenvalue weighted by molar-refractivity contribution is -0.150. The maximum atomic E-state index is 14.8. The fraction of sp³-hybridized carbons (Fsp3) is 0.400. The van der Waals surface area contributed by atoms with Crippen LogP contribution < -0.4 is 24.3 Å². The molecule has 5 aromatic carbocycles. The molecule has 4 heterocycles. The monoisotopic (exact) mass is 982 g/mol. The van der Waals surface area contributed by atoms with E-state index in [1.165, 1.54) is 22.3 Å². The first-order valence-electron chi connectivity index (χ1n) is 24.0. The zero-order chi connectivity index (χ0) is 49.3. The molecule has 5 aliphatic rings. The molecule has 1 aliphatic carbocycles. The van der Waals surface area contributed by atoms with Gasteiger partial charge in [-0.2, -0.15) is 17.0 Å². The van der Waals surface area contributed by atoms with E-state index in [4.69, 9.17) is 37.9 Å². The summed E-state index contributed by atoms with van der Waals surface area (Å²) < 4.78 is 47.7. The Morgan fingerprint density at radius 3 is 2.34 bits per heavy atom. The van der Waals surface area contributed by atoms with Crippen molar-refractivity contribution < 1.29 is 52.6 Å². The van der Waals surface area contributed by atoms with Crippen LogP contribution in [0.3, 0.4) is 0 Å². The van der Waals surface area contributed by atoms with Crippen LogP contribution in [-0.4, -0.2) is 117 Å². The van der Waals surface area contributed by atoms with E-state index >= 15 is 0 Å². The van der Waals surface area contributed by atoms with Crippen molar-refractivity contribution >= 4 is 23.8 Å². The summed E-state index contributed by atoms with van der Waals surface area (Å²) in [6, 6.07) is 27.1. The normalized spacial score (nSPS) is 20.9. The zero-order valence-corrected chi connectivity index (χ0v) is 41.3. The van der Waals surface area contributed by atoms with Crippen molar-refractivity contribution in [1.29, 1.82) is 5.26 Å². The number of nitriles is 1. The topological polar surface area (TPSA) is 171 Å². The fourth-order valence-electron chi connectivity index (χ4n) is 11.5. The minimum Gasteiger partial charge on any atom is -0.507 e. The van der Waals surface area contributed by atoms with E-state index in [1.807, 2.05) is 68.6 Å². The number of phenolic OH excluding ortho intramolecular Hbond substituents is 1. The number of phenols is 1. The molecule has 10 rings (SSSR count). The number of carbonyl (C=O) groups is 2. The molecular weight excluding hydrogens is 925 g/mol. The van der Waals surface area contributed by atoms with Gasteiger partial charge in [0.15, 0.2) is 29.8 Å². The van der Waals surface area contributed by atoms with Gasteiger partial charge in [0.2, 0.25) is 6.79 Å². The van der Waals surface area contributed by atoms with E-state index in [1.54, 1.807) is 32.9 Å². The second-order valence-corrected chi connectivity index (χ2v) is 19.6. The van der Waals surface area contributed by atoms with Gasteiger partial charge in [-0.25, -0.2) is 9.59 Å². The van der Waals surface area contributed by atoms with Gasteiger partial charge in [0.05, 0.1) is 38.5 Å². The van der Waals surface area contributed by atoms with Crippen LogP contribution in [0.4, 0.5) is 4.79 Å². The summed E-state index contributed by atoms with van der Waals surface area (Å²) in [6.07, 6.45) is 0.0579. The van der Waals surface area contributed by atoms with Gasteiger partial charge in [-0.05, 0) is 72.7 Å². The third-order valence-electron chi connectivity index (χ3n) is 14.7. The van der Waals surface area contributed by atoms with Crippen LogP contribution in [0.25, 0.3) is 11.1 Å². The molecule has 5 aromatic rings. The van der Waals surface area contributed by atoms with Gasteiger partial charge in [0.25, 0.3) is 0 Å². The number of aromatic hydroxyl groups is 1. The Morgan fingerprint density at radius 2 is 1.62 bits per heavy atom. The molecule has 2 bridgehead atoms. The van der Waals surface area contributed by atoms with Gasteiger partial charge in [-0.15, -0.1) is 0 Å². The number of methoxy groups -OCH3 is 2. The van der Waals surface area contributed by atoms with Crippen LogP contribution in [0.1, 0.15) is 68.1 Å². The Kier molecular flexibility index (Phi) is 14.0. The Labute approximate surface area is 417 Å². The standard InChI is InChI=1S/C55H58N4O11S/c1-31-21-34-22-42-44(24-56)59-43(48(58(42)3)46(34)52(50(31)64-5)68-29-65-20-19-63-4)23-39-47(53-51(69-30-70-53)32(2)49(39)60)45(59)26-66-54(61)41(57-55(62)67-25-33-13-7-6-8-14-33)28-71-27-40-37-17-11-9-15-35(37)36-16-10-12-18-38(36)40/h6-18,21,40-45,48,60H,19-20,22-23,25-30H2,1-5H3,(H,57,62)/t41-,42-,43?,44?,45+,48-/m1/s1. The van der Waals surface area contributed by atoms with Crippen molar-refractivity contribution in [3.63, 3.8) is 0 Å². The Morgan fingerprint density at radius 1 is 0.901 bits per heavy atom. The summed E-state index contributed by atoms with van der Waals surface area (Å²) in [5, 5.41) is 26.2. The Hall–Kier alpha value is -6.48. The number of esters is 1. The number of nitrogens with zero attached hydrogens (tertiary/aromatic N) is 3. The molecule has 1 saturated heterocycles. The van der Waals surface area contributed by atoms with E-state index in [2.05, 4.69) is 51.5 Å². The van der Waals surface area contributed by atoms with Crippen molar-refractivity contribution in [1.82, 2.24) is 15.1 Å². The molecule has 1 amide bonds. The second kappa shape index (κ2) is 20.7. The van der Waals surface area contributed by atoms with Crippen LogP contribution in [0, 0.1) is 25.2 Å². The minimum absolute atomic E-state index is 0.0109. The van der Waals surface area contributed by atoms with Gasteiger partial charge >= 0.3 is 12.1 Å². The number of carbonyl (C=O) groups excluding carboxylic acids is 2. The van der Waals surface area contributed by atoms with Crippen LogP contribution in [-0.2, 0) is 43.2 Å². The number of likely N-dealkylation sites (N-methyl/N-ethyl adjacent to an activating group) is 1. The lowest BCUT2D eigenvalue weighted by Crippen LogP contribution is -2.68. The minimum atomic E-state index is -1.11. The molecule has 4 aliphatic heterocycles. The Bertz CT molecular complexity index is 2810. The average Bonchev–Trinajstić information content (AvgIpc) is 4.00. The highest BCUT2D eigenvalue weighted by atomic mass is 32.2. The highest BCUT2D eigenvalue weighted by molar-refractivity contribution is 7.99. The van der Waals surface area contributed by atoms with Crippen molar-refractivity contribution in [3.8, 4) is 45.9 Å². The van der Waals surface area contributed by atoms with E-state index in [0.29, 0.717) is 71.5 Å². The van der Waals surface area contributed by atoms with Gasteiger partial charge in [-0.3, -0.25) is 9.80 Å². The maximum Gasteiger partial charge on any atom is 0.408 e. The maximum absolute atomic E-state index is 14.8. The zero-order valence-electron chi connectivity index (χ0n) is 40.5. The van der Waals surface area contributed by atoms with Crippen LogP contribution in [0.2, 0.25) is 0 Å². The smallest absolute Gasteiger partial charge is 0.408 e. The van der Waals surface area contributed by atoms with Crippen LogP contribution in [0.5, 0.6) is 28.7 Å². The molecule has 71 heavy (non-hydrogen) atoms. The van der Waals surface area contributed by atoms with Gasteiger partial charge < -0.3 is 48.3 Å². The summed E-state index contributed by atoms with van der Waals surface area (Å²) in [6.45, 7) is 4.14. The SMILES string of the molecule is COCCOCOc1c(OC)c(C)cc2c1[C@H]1C3Cc4c(O)c(C)c5c(c4[C@H](COC(=O)[C@@H](CSCC4c6ccccc6-c6ccccc64)NC(=O)OCc4ccccc4)N3C(C#N)[C@@H](C2)N1C)OCO5. The van der Waals surface area contributed by atoms with E-state index in [9.17, 15) is 20.0 Å². The molecule has 16 heteroatoms. The average molecular weight is 983 g/mol. The van der Waals surface area contributed by atoms with E-state index in [-0.39, 0.29) is 56.3 Å². The number of ether oxygens (including phenoxy) is 8. The summed E-state index contributed by atoms with van der Waals surface area (Å²) >= 11 is 1.55. The summed E-state index contributed by atoms with van der Waals surface area (Å²) in [5.74, 6) is 2.24. The molecule has 1 fully saturated rings. The molecule has 6 atom stereocenters. The highest BCUT2D eigenvalue weighted by Crippen LogP contribution is 2.58. The van der Waals surface area contributed by atoms with Gasteiger partial charge in [0.1, 0.15) is 31.0 Å². The van der Waals surface area contributed by atoms with Crippen molar-refractivity contribution in [3.05, 3.63) is 135 Å². The molecule has 0 radical (unpaired) electrons. The molecule has 0 aromatic heterocycles.